The molecule has 0 aliphatic carbocycles. The monoisotopic (exact) mass is 266 g/mol. The first-order valence-electron chi connectivity index (χ1n) is 5.77. The van der Waals surface area contributed by atoms with Crippen molar-refractivity contribution >= 4 is 17.6 Å². The second-order valence-corrected chi connectivity index (χ2v) is 4.28. The van der Waals surface area contributed by atoms with Gasteiger partial charge in [0.25, 0.3) is 0 Å². The molecule has 1 rings (SSSR count). The van der Waals surface area contributed by atoms with Crippen LogP contribution in [0.15, 0.2) is 18.2 Å². The van der Waals surface area contributed by atoms with E-state index < -0.39 is 5.97 Å². The quantitative estimate of drug-likeness (QED) is 0.808. The van der Waals surface area contributed by atoms with Gasteiger partial charge >= 0.3 is 5.97 Å². The highest BCUT2D eigenvalue weighted by molar-refractivity contribution is 5.90. The van der Waals surface area contributed by atoms with Crippen molar-refractivity contribution in [3.8, 4) is 5.75 Å². The zero-order valence-corrected chi connectivity index (χ0v) is 11.3. The molecule has 0 radical (unpaired) electrons. The van der Waals surface area contributed by atoms with Crippen molar-refractivity contribution in [3.05, 3.63) is 23.8 Å². The first-order valence-corrected chi connectivity index (χ1v) is 5.77. The number of nitrogens with one attached hydrogen (secondary N) is 1. The number of carbonyl (C=O) groups is 2. The topological polar surface area (TPSA) is 78.9 Å². The maximum atomic E-state index is 11.1. The van der Waals surface area contributed by atoms with E-state index in [0.717, 1.165) is 5.56 Å². The van der Waals surface area contributed by atoms with Crippen molar-refractivity contribution < 1.29 is 19.4 Å². The average molecular weight is 266 g/mol. The van der Waals surface area contributed by atoms with Gasteiger partial charge in [0.2, 0.25) is 5.91 Å². The Hall–Kier alpha value is -2.08. The second-order valence-electron chi connectivity index (χ2n) is 4.28. The normalized spacial score (nSPS) is 10.3. The maximum absolute atomic E-state index is 11.1. The van der Waals surface area contributed by atoms with Gasteiger partial charge in [-0.2, -0.15) is 0 Å². The Kier molecular flexibility index (Phi) is 5.32. The van der Waals surface area contributed by atoms with Gasteiger partial charge in [-0.25, -0.2) is 0 Å². The number of aliphatic carboxylic acids is 1. The highest BCUT2D eigenvalue weighted by atomic mass is 16.5. The van der Waals surface area contributed by atoms with Gasteiger partial charge < -0.3 is 15.2 Å². The molecule has 1 amide bonds. The summed E-state index contributed by atoms with van der Waals surface area (Å²) in [4.78, 5) is 23.4. The number of carboxylic acid groups (broad SMARTS) is 1. The van der Waals surface area contributed by atoms with Crippen molar-refractivity contribution in [1.29, 1.82) is 0 Å². The van der Waals surface area contributed by atoms with E-state index in [2.05, 4.69) is 5.32 Å². The number of carbonyl (C=O) groups excluding carboxylic acids is 1. The van der Waals surface area contributed by atoms with E-state index in [1.54, 1.807) is 24.1 Å². The molecule has 104 valence electrons. The number of hydrogen-bond acceptors (Lipinski definition) is 4. The number of benzene rings is 1. The van der Waals surface area contributed by atoms with Gasteiger partial charge in [-0.05, 0) is 24.7 Å². The molecule has 0 saturated carbocycles. The lowest BCUT2D eigenvalue weighted by Gasteiger charge is -2.16. The van der Waals surface area contributed by atoms with Crippen LogP contribution in [0.4, 0.5) is 5.69 Å². The molecule has 0 aromatic heterocycles. The van der Waals surface area contributed by atoms with Crippen LogP contribution in [0.5, 0.6) is 5.75 Å². The van der Waals surface area contributed by atoms with Crippen molar-refractivity contribution in [3.63, 3.8) is 0 Å². The third-order valence-corrected chi connectivity index (χ3v) is 2.43. The third-order valence-electron chi connectivity index (χ3n) is 2.43. The fourth-order valence-corrected chi connectivity index (χ4v) is 1.74. The number of nitrogens with zero attached hydrogens (tertiary/aromatic N) is 1. The molecule has 0 aliphatic heterocycles. The number of anilines is 1. The fraction of sp³-hybridized carbons (Fsp3) is 0.385. The Balaban J connectivity index is 2.85. The molecule has 6 nitrogen and oxygen atoms in total. The van der Waals surface area contributed by atoms with E-state index in [-0.39, 0.29) is 12.5 Å². The molecule has 0 aliphatic rings. The Bertz CT molecular complexity index is 474. The van der Waals surface area contributed by atoms with Crippen molar-refractivity contribution in [1.82, 2.24) is 4.90 Å². The number of ether oxygens (including phenoxy) is 1. The molecule has 0 spiro atoms. The fourth-order valence-electron chi connectivity index (χ4n) is 1.74. The Morgan fingerprint density at radius 2 is 2.11 bits per heavy atom. The van der Waals surface area contributed by atoms with E-state index in [1.165, 1.54) is 14.0 Å². The molecule has 0 atom stereocenters. The molecular weight excluding hydrogens is 248 g/mol. The minimum atomic E-state index is -0.877. The van der Waals surface area contributed by atoms with E-state index in [4.69, 9.17) is 9.84 Å². The van der Waals surface area contributed by atoms with Crippen LogP contribution < -0.4 is 10.1 Å². The molecule has 0 unspecified atom stereocenters. The van der Waals surface area contributed by atoms with Crippen LogP contribution in [0, 0.1) is 0 Å². The predicted octanol–water partition coefficient (Wildman–Crippen LogP) is 1.17. The maximum Gasteiger partial charge on any atom is 0.317 e. The van der Waals surface area contributed by atoms with Gasteiger partial charge in [0.1, 0.15) is 5.75 Å². The summed E-state index contributed by atoms with van der Waals surface area (Å²) < 4.78 is 5.15. The SMILES string of the molecule is COc1ccc(CN(C)CC(=O)O)cc1NC(C)=O. The van der Waals surface area contributed by atoms with Crippen LogP contribution >= 0.6 is 0 Å². The highest BCUT2D eigenvalue weighted by Gasteiger charge is 2.09. The largest absolute Gasteiger partial charge is 0.495 e. The van der Waals surface area contributed by atoms with Crippen LogP contribution in [0.3, 0.4) is 0 Å². The number of carboxylic acids is 1. The van der Waals surface area contributed by atoms with Crippen molar-refractivity contribution in [2.45, 2.75) is 13.5 Å². The Morgan fingerprint density at radius 3 is 2.63 bits per heavy atom. The molecule has 0 fully saturated rings. The molecular formula is C13H18N2O4. The van der Waals surface area contributed by atoms with Crippen LogP contribution in [0.2, 0.25) is 0 Å². The summed E-state index contributed by atoms with van der Waals surface area (Å²) >= 11 is 0. The zero-order chi connectivity index (χ0) is 14.4. The lowest BCUT2D eigenvalue weighted by Crippen LogP contribution is -2.25. The molecule has 2 N–H and O–H groups in total. The molecule has 19 heavy (non-hydrogen) atoms. The Labute approximate surface area is 112 Å². The van der Waals surface area contributed by atoms with Crippen LogP contribution in [0.25, 0.3) is 0 Å². The molecule has 6 heteroatoms. The molecule has 1 aromatic carbocycles. The summed E-state index contributed by atoms with van der Waals surface area (Å²) in [6, 6.07) is 5.36. The lowest BCUT2D eigenvalue weighted by atomic mass is 10.1. The summed E-state index contributed by atoms with van der Waals surface area (Å²) in [5, 5.41) is 11.4. The first-order chi connectivity index (χ1) is 8.92. The minimum Gasteiger partial charge on any atom is -0.495 e. The summed E-state index contributed by atoms with van der Waals surface area (Å²) in [6.07, 6.45) is 0. The number of rotatable bonds is 6. The van der Waals surface area contributed by atoms with Gasteiger partial charge in [-0.15, -0.1) is 0 Å². The second kappa shape index (κ2) is 6.75. The molecule has 0 saturated heterocycles. The minimum absolute atomic E-state index is 0.0402. The van der Waals surface area contributed by atoms with Crippen molar-refractivity contribution in [2.24, 2.45) is 0 Å². The predicted molar refractivity (Wildman–Crippen MR) is 71.3 cm³/mol. The van der Waals surface area contributed by atoms with Gasteiger partial charge in [0.15, 0.2) is 0 Å². The number of likely N-dealkylation sites (N-methyl/N-ethyl adjacent to an activating group) is 1. The first kappa shape index (κ1) is 15.0. The lowest BCUT2D eigenvalue weighted by molar-refractivity contribution is -0.138. The van der Waals surface area contributed by atoms with Gasteiger partial charge in [-0.3, -0.25) is 14.5 Å². The zero-order valence-electron chi connectivity index (χ0n) is 11.3. The summed E-state index contributed by atoms with van der Waals surface area (Å²) in [7, 11) is 3.24. The average Bonchev–Trinajstić information content (AvgIpc) is 2.27. The van der Waals surface area contributed by atoms with Crippen LogP contribution in [-0.4, -0.2) is 42.6 Å². The molecule has 0 bridgehead atoms. The number of amides is 1. The van der Waals surface area contributed by atoms with Crippen LogP contribution in [0.1, 0.15) is 12.5 Å². The molecule has 1 aromatic rings. The number of methoxy groups -OCH3 is 1. The smallest absolute Gasteiger partial charge is 0.317 e. The summed E-state index contributed by atoms with van der Waals surface area (Å²) in [6.45, 7) is 1.85. The highest BCUT2D eigenvalue weighted by Crippen LogP contribution is 2.25. The summed E-state index contributed by atoms with van der Waals surface area (Å²) in [5.41, 5.74) is 1.48. The van der Waals surface area contributed by atoms with E-state index in [9.17, 15) is 9.59 Å². The van der Waals surface area contributed by atoms with E-state index in [1.807, 2.05) is 6.07 Å². The van der Waals surface area contributed by atoms with Crippen LogP contribution in [-0.2, 0) is 16.1 Å². The van der Waals surface area contributed by atoms with Gasteiger partial charge in [0.05, 0.1) is 19.3 Å². The van der Waals surface area contributed by atoms with Gasteiger partial charge in [0, 0.05) is 13.5 Å². The third kappa shape index (κ3) is 4.97. The Morgan fingerprint density at radius 1 is 1.42 bits per heavy atom. The molecule has 0 heterocycles. The van der Waals surface area contributed by atoms with E-state index >= 15 is 0 Å². The van der Waals surface area contributed by atoms with Crippen molar-refractivity contribution in [2.75, 3.05) is 26.0 Å². The van der Waals surface area contributed by atoms with Gasteiger partial charge in [-0.1, -0.05) is 6.07 Å². The summed E-state index contributed by atoms with van der Waals surface area (Å²) in [5.74, 6) is -0.493. The standard InChI is InChI=1S/C13H18N2O4/c1-9(16)14-11-6-10(4-5-12(11)19-3)7-15(2)8-13(17)18/h4-6H,7-8H2,1-3H3,(H,14,16)(H,17,18). The number of hydrogen-bond donors (Lipinski definition) is 2. The van der Waals surface area contributed by atoms with E-state index in [0.29, 0.717) is 18.0 Å².